The van der Waals surface area contributed by atoms with Crippen molar-refractivity contribution in [3.05, 3.63) is 46.4 Å². The molecule has 0 radical (unpaired) electrons. The molecule has 0 aliphatic carbocycles. The molecule has 0 saturated carbocycles. The predicted octanol–water partition coefficient (Wildman–Crippen LogP) is 4.85. The highest BCUT2D eigenvalue weighted by Crippen LogP contribution is 2.36. The van der Waals surface area contributed by atoms with Crippen molar-refractivity contribution < 1.29 is 0 Å². The fourth-order valence-corrected chi connectivity index (χ4v) is 3.13. The first kappa shape index (κ1) is 11.8. The summed E-state index contributed by atoms with van der Waals surface area (Å²) >= 11 is 13.7. The lowest BCUT2D eigenvalue weighted by atomic mass is 10.2. The topological polar surface area (TPSA) is 38.9 Å². The van der Waals surface area contributed by atoms with Crippen LogP contribution >= 0.6 is 34.5 Å². The van der Waals surface area contributed by atoms with Gasteiger partial charge in [0.2, 0.25) is 0 Å². The molecule has 2 nitrogen and oxygen atoms in total. The zero-order valence-corrected chi connectivity index (χ0v) is 11.5. The maximum atomic E-state index is 6.17. The van der Waals surface area contributed by atoms with Gasteiger partial charge in [0.05, 0.1) is 15.2 Å². The Morgan fingerprint density at radius 2 is 1.89 bits per heavy atom. The van der Waals surface area contributed by atoms with Crippen molar-refractivity contribution in [2.45, 2.75) is 0 Å². The van der Waals surface area contributed by atoms with Crippen LogP contribution in [-0.4, -0.2) is 4.98 Å². The van der Waals surface area contributed by atoms with E-state index in [-0.39, 0.29) is 0 Å². The minimum atomic E-state index is 0.648. The molecule has 3 rings (SSSR count). The molecule has 0 atom stereocenters. The number of nitrogens with zero attached hydrogens (tertiary/aromatic N) is 1. The average Bonchev–Trinajstić information content (AvgIpc) is 2.74. The lowest BCUT2D eigenvalue weighted by Gasteiger charge is -2.01. The highest BCUT2D eigenvalue weighted by Gasteiger charge is 2.10. The van der Waals surface area contributed by atoms with E-state index in [0.29, 0.717) is 15.7 Å². The van der Waals surface area contributed by atoms with Crippen molar-refractivity contribution in [1.82, 2.24) is 4.98 Å². The van der Waals surface area contributed by atoms with Crippen molar-refractivity contribution in [1.29, 1.82) is 0 Å². The molecule has 3 aromatic rings. The maximum Gasteiger partial charge on any atom is 0.126 e. The normalized spacial score (nSPS) is 11.0. The van der Waals surface area contributed by atoms with Crippen LogP contribution in [0.25, 0.3) is 20.8 Å². The Morgan fingerprint density at radius 1 is 1.06 bits per heavy atom. The Balaban J connectivity index is 2.22. The molecule has 0 amide bonds. The van der Waals surface area contributed by atoms with Crippen molar-refractivity contribution in [2.75, 3.05) is 5.73 Å². The number of nitrogen functional groups attached to an aromatic ring is 1. The number of anilines is 1. The Labute approximate surface area is 118 Å². The van der Waals surface area contributed by atoms with Gasteiger partial charge in [0.15, 0.2) is 0 Å². The Morgan fingerprint density at radius 3 is 2.72 bits per heavy atom. The van der Waals surface area contributed by atoms with Crippen LogP contribution in [0.1, 0.15) is 0 Å². The van der Waals surface area contributed by atoms with Crippen LogP contribution in [0, 0.1) is 0 Å². The second-order valence-electron chi connectivity index (χ2n) is 3.87. The molecule has 0 aliphatic rings. The summed E-state index contributed by atoms with van der Waals surface area (Å²) in [5, 5.41) is 2.18. The SMILES string of the molecule is Nc1ccc(Cl)c(-c2nc3cc(Cl)ccc3s2)c1. The average molecular weight is 295 g/mol. The Kier molecular flexibility index (Phi) is 2.90. The monoisotopic (exact) mass is 294 g/mol. The van der Waals surface area contributed by atoms with Crippen LogP contribution in [0.5, 0.6) is 0 Å². The predicted molar refractivity (Wildman–Crippen MR) is 79.5 cm³/mol. The smallest absolute Gasteiger partial charge is 0.126 e. The van der Waals surface area contributed by atoms with Gasteiger partial charge in [0, 0.05) is 16.3 Å². The minimum Gasteiger partial charge on any atom is -0.399 e. The van der Waals surface area contributed by atoms with Gasteiger partial charge in [-0.1, -0.05) is 23.2 Å². The van der Waals surface area contributed by atoms with Gasteiger partial charge in [-0.3, -0.25) is 0 Å². The summed E-state index contributed by atoms with van der Waals surface area (Å²) < 4.78 is 1.08. The number of benzene rings is 2. The molecule has 2 aromatic carbocycles. The van der Waals surface area contributed by atoms with Crippen LogP contribution in [0.15, 0.2) is 36.4 Å². The summed E-state index contributed by atoms with van der Waals surface area (Å²) in [5.74, 6) is 0. The van der Waals surface area contributed by atoms with Gasteiger partial charge in [-0.2, -0.15) is 0 Å². The van der Waals surface area contributed by atoms with E-state index in [9.17, 15) is 0 Å². The summed E-state index contributed by atoms with van der Waals surface area (Å²) in [7, 11) is 0. The molecule has 0 unspecified atom stereocenters. The van der Waals surface area contributed by atoms with Crippen LogP contribution in [-0.2, 0) is 0 Å². The van der Waals surface area contributed by atoms with Gasteiger partial charge in [-0.15, -0.1) is 11.3 Å². The van der Waals surface area contributed by atoms with E-state index in [1.165, 1.54) is 0 Å². The molecule has 0 aliphatic heterocycles. The van der Waals surface area contributed by atoms with E-state index in [4.69, 9.17) is 28.9 Å². The molecule has 18 heavy (non-hydrogen) atoms. The molecule has 1 aromatic heterocycles. The molecule has 0 bridgehead atoms. The second kappa shape index (κ2) is 4.43. The van der Waals surface area contributed by atoms with Crippen molar-refractivity contribution in [3.63, 3.8) is 0 Å². The number of hydrogen-bond acceptors (Lipinski definition) is 3. The summed E-state index contributed by atoms with van der Waals surface area (Å²) in [6.45, 7) is 0. The molecule has 0 fully saturated rings. The lowest BCUT2D eigenvalue weighted by molar-refractivity contribution is 1.48. The zero-order chi connectivity index (χ0) is 12.7. The second-order valence-corrected chi connectivity index (χ2v) is 5.74. The number of rotatable bonds is 1. The fourth-order valence-electron chi connectivity index (χ4n) is 1.72. The number of nitrogens with two attached hydrogens (primary N) is 1. The van der Waals surface area contributed by atoms with Crippen molar-refractivity contribution in [2.24, 2.45) is 0 Å². The van der Waals surface area contributed by atoms with E-state index in [0.717, 1.165) is 20.8 Å². The summed E-state index contributed by atoms with van der Waals surface area (Å²) in [6, 6.07) is 11.0. The third kappa shape index (κ3) is 2.05. The number of halogens is 2. The van der Waals surface area contributed by atoms with E-state index in [1.807, 2.05) is 24.3 Å². The molecule has 0 spiro atoms. The van der Waals surface area contributed by atoms with E-state index in [2.05, 4.69) is 4.98 Å². The molecular formula is C13H8Cl2N2S. The first-order chi connectivity index (χ1) is 8.63. The van der Waals surface area contributed by atoms with Crippen LogP contribution in [0.4, 0.5) is 5.69 Å². The molecule has 5 heteroatoms. The standard InChI is InChI=1S/C13H8Cl2N2S/c14-7-1-4-12-11(5-7)17-13(18-12)9-6-8(16)2-3-10(9)15/h1-6H,16H2. The quantitative estimate of drug-likeness (QED) is 0.652. The van der Waals surface area contributed by atoms with E-state index >= 15 is 0 Å². The summed E-state index contributed by atoms with van der Waals surface area (Å²) in [4.78, 5) is 4.54. The minimum absolute atomic E-state index is 0.648. The lowest BCUT2D eigenvalue weighted by Crippen LogP contribution is -1.86. The molecule has 0 saturated heterocycles. The third-order valence-corrected chi connectivity index (χ3v) is 4.20. The molecule has 90 valence electrons. The number of hydrogen-bond donors (Lipinski definition) is 1. The number of thiazole rings is 1. The summed E-state index contributed by atoms with van der Waals surface area (Å²) in [6.07, 6.45) is 0. The van der Waals surface area contributed by atoms with Crippen molar-refractivity contribution in [3.8, 4) is 10.6 Å². The van der Waals surface area contributed by atoms with Crippen LogP contribution in [0.2, 0.25) is 10.0 Å². The first-order valence-electron chi connectivity index (χ1n) is 5.25. The van der Waals surface area contributed by atoms with Gasteiger partial charge < -0.3 is 5.73 Å². The fraction of sp³-hybridized carbons (Fsp3) is 0. The van der Waals surface area contributed by atoms with E-state index in [1.54, 1.807) is 23.5 Å². The molecule has 1 heterocycles. The number of aromatic nitrogens is 1. The van der Waals surface area contributed by atoms with Crippen LogP contribution < -0.4 is 5.73 Å². The van der Waals surface area contributed by atoms with Gasteiger partial charge in [-0.25, -0.2) is 4.98 Å². The van der Waals surface area contributed by atoms with Gasteiger partial charge in [-0.05, 0) is 36.4 Å². The highest BCUT2D eigenvalue weighted by atomic mass is 35.5. The first-order valence-corrected chi connectivity index (χ1v) is 6.82. The van der Waals surface area contributed by atoms with Gasteiger partial charge >= 0.3 is 0 Å². The van der Waals surface area contributed by atoms with Gasteiger partial charge in [0.1, 0.15) is 5.01 Å². The van der Waals surface area contributed by atoms with E-state index < -0.39 is 0 Å². The van der Waals surface area contributed by atoms with Crippen molar-refractivity contribution >= 4 is 50.4 Å². The third-order valence-electron chi connectivity index (χ3n) is 2.57. The zero-order valence-electron chi connectivity index (χ0n) is 9.15. The molecule has 2 N–H and O–H groups in total. The van der Waals surface area contributed by atoms with Crippen LogP contribution in [0.3, 0.4) is 0 Å². The summed E-state index contributed by atoms with van der Waals surface area (Å²) in [5.41, 5.74) is 8.18. The van der Waals surface area contributed by atoms with Gasteiger partial charge in [0.25, 0.3) is 0 Å². The highest BCUT2D eigenvalue weighted by molar-refractivity contribution is 7.21. The largest absolute Gasteiger partial charge is 0.399 e. The molecular weight excluding hydrogens is 287 g/mol. The number of fused-ring (bicyclic) bond motifs is 1. The maximum absolute atomic E-state index is 6.17. The Hall–Kier alpha value is -1.29. The Bertz CT molecular complexity index is 737.